The first-order chi connectivity index (χ1) is 8.64. The van der Waals surface area contributed by atoms with Crippen LogP contribution in [0.15, 0.2) is 24.3 Å². The second-order valence-electron chi connectivity index (χ2n) is 5.64. The van der Waals surface area contributed by atoms with Gasteiger partial charge in [-0.3, -0.25) is 0 Å². The Bertz CT molecular complexity index is 521. The molecule has 0 spiro atoms. The molecule has 19 heavy (non-hydrogen) atoms. The lowest BCUT2D eigenvalue weighted by Crippen LogP contribution is -2.47. The van der Waals surface area contributed by atoms with E-state index in [9.17, 15) is 8.42 Å². The molecule has 0 heterocycles. The Morgan fingerprint density at radius 2 is 1.84 bits per heavy atom. The predicted molar refractivity (Wildman–Crippen MR) is 77.6 cm³/mol. The van der Waals surface area contributed by atoms with Gasteiger partial charge in [0.1, 0.15) is 0 Å². The zero-order valence-corrected chi connectivity index (χ0v) is 12.8. The van der Waals surface area contributed by atoms with E-state index in [1.807, 2.05) is 45.0 Å². The van der Waals surface area contributed by atoms with Gasteiger partial charge in [-0.1, -0.05) is 24.3 Å². The number of nitrogens with one attached hydrogen (secondary N) is 1. The molecule has 0 aliphatic heterocycles. The van der Waals surface area contributed by atoms with Gasteiger partial charge in [0.2, 0.25) is 0 Å². The molecule has 0 radical (unpaired) electrons. The first kappa shape index (κ1) is 16.1. The molecule has 0 unspecified atom stereocenters. The molecule has 6 heteroatoms. The van der Waals surface area contributed by atoms with Crippen molar-refractivity contribution in [3.63, 3.8) is 0 Å². The number of hydrogen-bond acceptors (Lipinski definition) is 3. The lowest BCUT2D eigenvalue weighted by atomic mass is 10.1. The topological polar surface area (TPSA) is 75.4 Å². The summed E-state index contributed by atoms with van der Waals surface area (Å²) < 4.78 is 28.1. The highest BCUT2D eigenvalue weighted by atomic mass is 32.2. The molecule has 1 aromatic rings. The quantitative estimate of drug-likeness (QED) is 0.854. The van der Waals surface area contributed by atoms with Crippen LogP contribution in [-0.4, -0.2) is 25.3 Å². The molecule has 108 valence electrons. The molecule has 0 aliphatic carbocycles. The van der Waals surface area contributed by atoms with E-state index in [2.05, 4.69) is 4.72 Å². The van der Waals surface area contributed by atoms with E-state index in [4.69, 9.17) is 5.73 Å². The molecule has 1 aromatic carbocycles. The minimum absolute atomic E-state index is 0.319. The maximum absolute atomic E-state index is 12.1. The minimum Gasteiger partial charge on any atom is -0.326 e. The Morgan fingerprint density at radius 1 is 1.26 bits per heavy atom. The van der Waals surface area contributed by atoms with Crippen molar-refractivity contribution >= 4 is 10.2 Å². The third kappa shape index (κ3) is 5.28. The van der Waals surface area contributed by atoms with Gasteiger partial charge in [-0.25, -0.2) is 0 Å². The highest BCUT2D eigenvalue weighted by Gasteiger charge is 2.24. The maximum Gasteiger partial charge on any atom is 0.279 e. The van der Waals surface area contributed by atoms with Gasteiger partial charge in [-0.15, -0.1) is 0 Å². The van der Waals surface area contributed by atoms with Crippen LogP contribution in [0.25, 0.3) is 0 Å². The summed E-state index contributed by atoms with van der Waals surface area (Å²) in [5.41, 5.74) is 6.99. The van der Waals surface area contributed by atoms with E-state index < -0.39 is 15.7 Å². The summed E-state index contributed by atoms with van der Waals surface area (Å²) in [6.45, 7) is 6.21. The second-order valence-corrected chi connectivity index (χ2v) is 7.41. The predicted octanol–water partition coefficient (Wildman–Crippen LogP) is 1.21. The van der Waals surface area contributed by atoms with Gasteiger partial charge in [0.15, 0.2) is 0 Å². The largest absolute Gasteiger partial charge is 0.326 e. The monoisotopic (exact) mass is 285 g/mol. The number of benzene rings is 1. The van der Waals surface area contributed by atoms with E-state index in [0.717, 1.165) is 11.1 Å². The lowest BCUT2D eigenvalue weighted by molar-refractivity contribution is 0.421. The molecule has 0 fully saturated rings. The normalized spacial score (nSPS) is 12.9. The molecule has 5 nitrogen and oxygen atoms in total. The molecular weight excluding hydrogens is 262 g/mol. The van der Waals surface area contributed by atoms with Crippen LogP contribution in [0.3, 0.4) is 0 Å². The number of nitrogens with zero attached hydrogens (tertiary/aromatic N) is 1. The Morgan fingerprint density at radius 3 is 2.37 bits per heavy atom. The van der Waals surface area contributed by atoms with Crippen molar-refractivity contribution < 1.29 is 8.42 Å². The molecule has 0 aliphatic rings. The SMILES string of the molecule is CN(Cc1cccc(CN)c1)S(=O)(=O)NC(C)(C)C. The van der Waals surface area contributed by atoms with Crippen molar-refractivity contribution in [2.45, 2.75) is 39.4 Å². The standard InChI is InChI=1S/C13H23N3O2S/c1-13(2,3)15-19(17,18)16(4)10-12-7-5-6-11(8-12)9-14/h5-8,15H,9-10,14H2,1-4H3. The molecule has 0 atom stereocenters. The molecule has 0 saturated heterocycles. The fraction of sp³-hybridized carbons (Fsp3) is 0.538. The third-order valence-corrected chi connectivity index (χ3v) is 4.30. The number of rotatable bonds is 5. The first-order valence-electron chi connectivity index (χ1n) is 6.17. The zero-order valence-electron chi connectivity index (χ0n) is 12.0. The van der Waals surface area contributed by atoms with Gasteiger partial charge in [0.05, 0.1) is 0 Å². The third-order valence-electron chi connectivity index (χ3n) is 2.48. The summed E-state index contributed by atoms with van der Waals surface area (Å²) in [5.74, 6) is 0. The summed E-state index contributed by atoms with van der Waals surface area (Å²) in [4.78, 5) is 0. The Balaban J connectivity index is 2.81. The lowest BCUT2D eigenvalue weighted by Gasteiger charge is -2.25. The highest BCUT2D eigenvalue weighted by molar-refractivity contribution is 7.87. The van der Waals surface area contributed by atoms with Crippen molar-refractivity contribution in [3.8, 4) is 0 Å². The average Bonchev–Trinajstić information content (AvgIpc) is 2.26. The smallest absolute Gasteiger partial charge is 0.279 e. The van der Waals surface area contributed by atoms with E-state index in [1.165, 1.54) is 4.31 Å². The molecular formula is C13H23N3O2S. The van der Waals surface area contributed by atoms with Crippen molar-refractivity contribution in [2.75, 3.05) is 7.05 Å². The van der Waals surface area contributed by atoms with Crippen LogP contribution in [-0.2, 0) is 23.3 Å². The van der Waals surface area contributed by atoms with Gasteiger partial charge < -0.3 is 5.73 Å². The fourth-order valence-electron chi connectivity index (χ4n) is 1.66. The van der Waals surface area contributed by atoms with Crippen LogP contribution in [0.4, 0.5) is 0 Å². The van der Waals surface area contributed by atoms with Crippen LogP contribution < -0.4 is 10.5 Å². The van der Waals surface area contributed by atoms with Gasteiger partial charge in [-0.05, 0) is 31.9 Å². The Hall–Kier alpha value is -0.950. The highest BCUT2D eigenvalue weighted by Crippen LogP contribution is 2.11. The van der Waals surface area contributed by atoms with Crippen LogP contribution >= 0.6 is 0 Å². The van der Waals surface area contributed by atoms with Gasteiger partial charge in [0, 0.05) is 25.7 Å². The maximum atomic E-state index is 12.1. The molecule has 0 bridgehead atoms. The second kappa shape index (κ2) is 6.00. The minimum atomic E-state index is -3.48. The Kier molecular flexibility index (Phi) is 5.09. The van der Waals surface area contributed by atoms with Crippen LogP contribution in [0.2, 0.25) is 0 Å². The number of hydrogen-bond donors (Lipinski definition) is 2. The summed E-state index contributed by atoms with van der Waals surface area (Å²) in [7, 11) is -1.92. The van der Waals surface area contributed by atoms with Crippen LogP contribution in [0.5, 0.6) is 0 Å². The summed E-state index contributed by atoms with van der Waals surface area (Å²) >= 11 is 0. The molecule has 0 aromatic heterocycles. The summed E-state index contributed by atoms with van der Waals surface area (Å²) in [6.07, 6.45) is 0. The van der Waals surface area contributed by atoms with Crippen LogP contribution in [0, 0.1) is 0 Å². The molecule has 0 amide bonds. The average molecular weight is 285 g/mol. The number of nitrogens with two attached hydrogens (primary N) is 1. The van der Waals surface area contributed by atoms with E-state index >= 15 is 0 Å². The van der Waals surface area contributed by atoms with Crippen molar-refractivity contribution in [1.29, 1.82) is 0 Å². The molecule has 0 saturated carbocycles. The van der Waals surface area contributed by atoms with E-state index in [-0.39, 0.29) is 0 Å². The summed E-state index contributed by atoms with van der Waals surface area (Å²) in [5, 5.41) is 0. The van der Waals surface area contributed by atoms with Gasteiger partial charge in [0.25, 0.3) is 10.2 Å². The van der Waals surface area contributed by atoms with Crippen molar-refractivity contribution in [1.82, 2.24) is 9.03 Å². The Labute approximate surface area is 116 Å². The van der Waals surface area contributed by atoms with Crippen LogP contribution in [0.1, 0.15) is 31.9 Å². The molecule has 3 N–H and O–H groups in total. The zero-order chi connectivity index (χ0) is 14.7. The summed E-state index contributed by atoms with van der Waals surface area (Å²) in [6, 6.07) is 7.62. The van der Waals surface area contributed by atoms with E-state index in [1.54, 1.807) is 7.05 Å². The van der Waals surface area contributed by atoms with Gasteiger partial charge in [-0.2, -0.15) is 17.4 Å². The van der Waals surface area contributed by atoms with Gasteiger partial charge >= 0.3 is 0 Å². The van der Waals surface area contributed by atoms with Crippen molar-refractivity contribution in [3.05, 3.63) is 35.4 Å². The first-order valence-corrected chi connectivity index (χ1v) is 7.61. The van der Waals surface area contributed by atoms with Crippen molar-refractivity contribution in [2.24, 2.45) is 5.73 Å². The van der Waals surface area contributed by atoms with E-state index in [0.29, 0.717) is 13.1 Å². The molecule has 1 rings (SSSR count). The fourth-order valence-corrected chi connectivity index (χ4v) is 2.91.